The molecule has 2 amide bonds. The van der Waals surface area contributed by atoms with Crippen molar-refractivity contribution >= 4 is 34.0 Å². The van der Waals surface area contributed by atoms with Crippen LogP contribution in [0.1, 0.15) is 69.6 Å². The molecule has 1 saturated heterocycles. The van der Waals surface area contributed by atoms with Crippen molar-refractivity contribution in [3.8, 4) is 17.2 Å². The van der Waals surface area contributed by atoms with Gasteiger partial charge in [-0.2, -0.15) is 0 Å². The van der Waals surface area contributed by atoms with E-state index in [1.165, 1.54) is 24.2 Å². The van der Waals surface area contributed by atoms with Gasteiger partial charge in [0.25, 0.3) is 5.91 Å². The van der Waals surface area contributed by atoms with Crippen molar-refractivity contribution in [3.63, 3.8) is 0 Å². The van der Waals surface area contributed by atoms with E-state index >= 15 is 0 Å². The lowest BCUT2D eigenvalue weighted by Crippen LogP contribution is -2.30. The van der Waals surface area contributed by atoms with Crippen molar-refractivity contribution in [3.05, 3.63) is 59.1 Å². The summed E-state index contributed by atoms with van der Waals surface area (Å²) in [5, 5.41) is 5.19. The molecule has 40 heavy (non-hydrogen) atoms. The zero-order chi connectivity index (χ0) is 28.4. The number of benzene rings is 2. The first-order valence-corrected chi connectivity index (χ1v) is 14.4. The number of amides is 2. The minimum atomic E-state index is -0.658. The Bertz CT molecular complexity index is 1370. The van der Waals surface area contributed by atoms with Gasteiger partial charge in [-0.3, -0.25) is 14.9 Å². The van der Waals surface area contributed by atoms with Gasteiger partial charge in [0, 0.05) is 36.2 Å². The molecule has 2 heterocycles. The fraction of sp³-hybridized carbons (Fsp3) is 0.433. The predicted molar refractivity (Wildman–Crippen MR) is 153 cm³/mol. The van der Waals surface area contributed by atoms with E-state index in [0.717, 1.165) is 17.9 Å². The van der Waals surface area contributed by atoms with Gasteiger partial charge in [0.2, 0.25) is 5.91 Å². The predicted octanol–water partition coefficient (Wildman–Crippen LogP) is 6.56. The highest BCUT2D eigenvalue weighted by molar-refractivity contribution is 7.14. The summed E-state index contributed by atoms with van der Waals surface area (Å²) in [4.78, 5) is 31.7. The molecule has 0 spiro atoms. The molecule has 212 valence electrons. The standard InChI is InChI=1S/C30H35N3O6S/c1-18(2)37-24-12-21(28(35)32-29-31-26(17-40-29)27-16-36-30(4,5)39-27)13-25(14-24)38-23-10-8-22(9-11-23)33(19(3)34)15-20-6-7-20/h8-14,17-18,20,27H,6-7,15-16H2,1-5H3,(H,31,32,35). The van der Waals surface area contributed by atoms with Gasteiger partial charge in [-0.25, -0.2) is 4.98 Å². The lowest BCUT2D eigenvalue weighted by molar-refractivity contribution is -0.139. The summed E-state index contributed by atoms with van der Waals surface area (Å²) in [6.45, 7) is 10.3. The number of thiazole rings is 1. The second-order valence-electron chi connectivity index (χ2n) is 10.9. The van der Waals surface area contributed by atoms with Crippen molar-refractivity contribution in [2.24, 2.45) is 5.92 Å². The SMILES string of the molecule is CC(=O)N(CC1CC1)c1ccc(Oc2cc(OC(C)C)cc(C(=O)Nc3nc(C4COC(C)(C)O4)cs3)c2)cc1. The number of carbonyl (C=O) groups is 2. The third kappa shape index (κ3) is 7.18. The lowest BCUT2D eigenvalue weighted by Gasteiger charge is -2.21. The maximum absolute atomic E-state index is 13.2. The molecule has 1 N–H and O–H groups in total. The van der Waals surface area contributed by atoms with Gasteiger partial charge in [-0.1, -0.05) is 0 Å². The molecule has 0 radical (unpaired) electrons. The first kappa shape index (κ1) is 28.1. The van der Waals surface area contributed by atoms with E-state index in [1.807, 2.05) is 57.3 Å². The summed E-state index contributed by atoms with van der Waals surface area (Å²) in [5.74, 6) is 1.16. The van der Waals surface area contributed by atoms with Crippen LogP contribution in [0.15, 0.2) is 47.8 Å². The number of aromatic nitrogens is 1. The molecule has 2 fully saturated rings. The van der Waals surface area contributed by atoms with Crippen molar-refractivity contribution in [1.29, 1.82) is 0 Å². The second-order valence-corrected chi connectivity index (χ2v) is 11.7. The smallest absolute Gasteiger partial charge is 0.257 e. The largest absolute Gasteiger partial charge is 0.491 e. The highest BCUT2D eigenvalue weighted by Gasteiger charge is 2.35. The molecule has 2 aromatic carbocycles. The third-order valence-corrected chi connectivity index (χ3v) is 7.27. The fourth-order valence-electron chi connectivity index (χ4n) is 4.40. The molecular formula is C30H35N3O6S. The molecule has 1 atom stereocenters. The molecule has 1 aliphatic carbocycles. The Labute approximate surface area is 238 Å². The molecule has 9 nitrogen and oxygen atoms in total. The Kier molecular flexibility index (Phi) is 8.11. The van der Waals surface area contributed by atoms with E-state index in [-0.39, 0.29) is 24.0 Å². The Morgan fingerprint density at radius 1 is 1.12 bits per heavy atom. The van der Waals surface area contributed by atoms with E-state index in [9.17, 15) is 9.59 Å². The average molecular weight is 566 g/mol. The molecule has 2 aliphatic rings. The molecular weight excluding hydrogens is 530 g/mol. The monoisotopic (exact) mass is 565 g/mol. The van der Waals surface area contributed by atoms with E-state index in [4.69, 9.17) is 18.9 Å². The van der Waals surface area contributed by atoms with Crippen LogP contribution in [-0.2, 0) is 14.3 Å². The van der Waals surface area contributed by atoms with E-state index in [1.54, 1.807) is 30.0 Å². The van der Waals surface area contributed by atoms with Crippen LogP contribution in [0.2, 0.25) is 0 Å². The van der Waals surface area contributed by atoms with Crippen LogP contribution >= 0.6 is 11.3 Å². The Morgan fingerprint density at radius 2 is 1.85 bits per heavy atom. The number of rotatable bonds is 10. The zero-order valence-electron chi connectivity index (χ0n) is 23.4. The fourth-order valence-corrected chi connectivity index (χ4v) is 5.15. The highest BCUT2D eigenvalue weighted by Crippen LogP contribution is 2.35. The minimum Gasteiger partial charge on any atom is -0.491 e. The average Bonchev–Trinajstić information content (AvgIpc) is 3.47. The van der Waals surface area contributed by atoms with Crippen molar-refractivity contribution in [2.45, 2.75) is 65.5 Å². The van der Waals surface area contributed by atoms with Gasteiger partial charge in [0.05, 0.1) is 18.4 Å². The molecule has 5 rings (SSSR count). The quantitative estimate of drug-likeness (QED) is 0.297. The van der Waals surface area contributed by atoms with Gasteiger partial charge < -0.3 is 23.8 Å². The molecule has 1 unspecified atom stereocenters. The Morgan fingerprint density at radius 3 is 2.48 bits per heavy atom. The van der Waals surface area contributed by atoms with Crippen molar-refractivity contribution in [2.75, 3.05) is 23.4 Å². The Balaban J connectivity index is 1.30. The minimum absolute atomic E-state index is 0.0232. The van der Waals surface area contributed by atoms with E-state index < -0.39 is 5.79 Å². The van der Waals surface area contributed by atoms with Gasteiger partial charge in [-0.05, 0) is 82.9 Å². The zero-order valence-corrected chi connectivity index (χ0v) is 24.2. The molecule has 1 aliphatic heterocycles. The maximum Gasteiger partial charge on any atom is 0.257 e. The van der Waals surface area contributed by atoms with Gasteiger partial charge in [0.1, 0.15) is 23.4 Å². The summed E-state index contributed by atoms with van der Waals surface area (Å²) in [6.07, 6.45) is 1.97. The number of ether oxygens (including phenoxy) is 4. The first-order chi connectivity index (χ1) is 19.0. The molecule has 1 saturated carbocycles. The summed E-state index contributed by atoms with van der Waals surface area (Å²) < 4.78 is 23.5. The molecule has 0 bridgehead atoms. The summed E-state index contributed by atoms with van der Waals surface area (Å²) in [7, 11) is 0. The molecule has 1 aromatic heterocycles. The van der Waals surface area contributed by atoms with Crippen LogP contribution in [-0.4, -0.2) is 41.8 Å². The number of nitrogens with zero attached hydrogens (tertiary/aromatic N) is 2. The Hall–Kier alpha value is -3.47. The van der Waals surface area contributed by atoms with Crippen LogP contribution in [0, 0.1) is 5.92 Å². The summed E-state index contributed by atoms with van der Waals surface area (Å²) in [5.41, 5.74) is 1.93. The van der Waals surface area contributed by atoms with Crippen molar-refractivity contribution < 1.29 is 28.5 Å². The van der Waals surface area contributed by atoms with Crippen LogP contribution in [0.5, 0.6) is 17.2 Å². The van der Waals surface area contributed by atoms with E-state index in [2.05, 4.69) is 10.3 Å². The van der Waals surface area contributed by atoms with Crippen molar-refractivity contribution in [1.82, 2.24) is 4.98 Å². The molecule has 10 heteroatoms. The molecule has 3 aromatic rings. The topological polar surface area (TPSA) is 99.2 Å². The van der Waals surface area contributed by atoms with Gasteiger partial charge in [0.15, 0.2) is 10.9 Å². The second kappa shape index (κ2) is 11.6. The number of anilines is 2. The maximum atomic E-state index is 13.2. The van der Waals surface area contributed by atoms with Gasteiger partial charge >= 0.3 is 0 Å². The van der Waals surface area contributed by atoms with Crippen LogP contribution in [0.4, 0.5) is 10.8 Å². The highest BCUT2D eigenvalue weighted by atomic mass is 32.1. The van der Waals surface area contributed by atoms with Gasteiger partial charge in [-0.15, -0.1) is 11.3 Å². The van der Waals surface area contributed by atoms with Crippen LogP contribution in [0.3, 0.4) is 0 Å². The summed E-state index contributed by atoms with van der Waals surface area (Å²) in [6, 6.07) is 12.5. The summed E-state index contributed by atoms with van der Waals surface area (Å²) >= 11 is 1.33. The number of carbonyl (C=O) groups excluding carboxylic acids is 2. The number of hydrogen-bond donors (Lipinski definition) is 1. The lowest BCUT2D eigenvalue weighted by atomic mass is 10.2. The number of nitrogens with one attached hydrogen (secondary N) is 1. The third-order valence-electron chi connectivity index (χ3n) is 6.50. The normalized spacial score (nSPS) is 18.0. The number of hydrogen-bond acceptors (Lipinski definition) is 8. The first-order valence-electron chi connectivity index (χ1n) is 13.5. The van der Waals surface area contributed by atoms with Crippen LogP contribution < -0.4 is 19.7 Å². The van der Waals surface area contributed by atoms with E-state index in [0.29, 0.717) is 40.5 Å². The van der Waals surface area contributed by atoms with Crippen LogP contribution in [0.25, 0.3) is 0 Å².